The summed E-state index contributed by atoms with van der Waals surface area (Å²) in [5.74, 6) is 0.194. The first-order valence-electron chi connectivity index (χ1n) is 11.7. The van der Waals surface area contributed by atoms with E-state index in [-0.39, 0.29) is 30.2 Å². The number of nitrogens with zero attached hydrogens (tertiary/aromatic N) is 2. The number of hydrogen-bond donors (Lipinski definition) is 1. The van der Waals surface area contributed by atoms with Crippen molar-refractivity contribution in [3.05, 3.63) is 59.7 Å². The molecule has 0 bridgehead atoms. The van der Waals surface area contributed by atoms with Gasteiger partial charge in [-0.2, -0.15) is 0 Å². The van der Waals surface area contributed by atoms with Gasteiger partial charge < -0.3 is 19.2 Å². The third-order valence-electron chi connectivity index (χ3n) is 7.82. The third-order valence-corrected chi connectivity index (χ3v) is 7.82. The normalized spacial score (nSPS) is 27.6. The maximum absolute atomic E-state index is 13.8. The number of hydrogen-bond acceptors (Lipinski definition) is 3. The molecule has 5 rings (SSSR count). The van der Waals surface area contributed by atoms with Crippen LogP contribution in [0.5, 0.6) is 0 Å². The van der Waals surface area contributed by atoms with E-state index in [2.05, 4.69) is 19.2 Å². The number of benzene rings is 1. The molecule has 1 aliphatic heterocycles. The van der Waals surface area contributed by atoms with Gasteiger partial charge in [-0.25, -0.2) is 4.39 Å². The minimum atomic E-state index is -1.11. The van der Waals surface area contributed by atoms with E-state index in [4.69, 9.17) is 4.42 Å². The molecule has 2 amide bonds. The van der Waals surface area contributed by atoms with Crippen molar-refractivity contribution in [2.45, 2.75) is 64.7 Å². The molecule has 0 radical (unpaired) electrons. The second-order valence-electron chi connectivity index (χ2n) is 9.92. The van der Waals surface area contributed by atoms with Crippen molar-refractivity contribution in [1.82, 2.24) is 14.8 Å². The molecule has 1 fully saturated rings. The van der Waals surface area contributed by atoms with Crippen molar-refractivity contribution in [1.29, 1.82) is 0 Å². The Morgan fingerprint density at radius 2 is 1.97 bits per heavy atom. The summed E-state index contributed by atoms with van der Waals surface area (Å²) in [6.45, 7) is 6.79. The Labute approximate surface area is 192 Å². The van der Waals surface area contributed by atoms with Gasteiger partial charge >= 0.3 is 0 Å². The summed E-state index contributed by atoms with van der Waals surface area (Å²) in [4.78, 5) is 29.2. The van der Waals surface area contributed by atoms with Crippen LogP contribution in [0.2, 0.25) is 0 Å². The average molecular weight is 452 g/mol. The van der Waals surface area contributed by atoms with E-state index in [1.807, 2.05) is 17.6 Å². The molecule has 7 heteroatoms. The number of nitrogens with one attached hydrogen (secondary N) is 1. The maximum Gasteiger partial charge on any atom is 0.271 e. The van der Waals surface area contributed by atoms with Gasteiger partial charge in [-0.3, -0.25) is 9.59 Å². The Kier molecular flexibility index (Phi) is 5.30. The quantitative estimate of drug-likeness (QED) is 0.624. The van der Waals surface area contributed by atoms with Gasteiger partial charge in [0.15, 0.2) is 5.58 Å². The van der Waals surface area contributed by atoms with Gasteiger partial charge in [-0.05, 0) is 42.9 Å². The van der Waals surface area contributed by atoms with E-state index in [1.165, 1.54) is 18.6 Å². The summed E-state index contributed by atoms with van der Waals surface area (Å²) >= 11 is 0. The number of aromatic nitrogens is 1. The molecule has 2 aliphatic rings. The molecule has 0 saturated heterocycles. The Hall–Kier alpha value is -3.09. The molecule has 2 aromatic heterocycles. The standard InChI is InChI=1S/C26H30FN3O3/c1-16-5-4-6-20(17(16)2)28-25(32)26(3)15-29-21-11-12-33-23(21)13-22(29)24(31)30(26)14-18-7-9-19(27)10-8-18/h7-13,16-17,20H,4-6,14-15H2,1-3H3,(H,28,32). The van der Waals surface area contributed by atoms with Crippen LogP contribution in [0.3, 0.4) is 0 Å². The molecular formula is C26H30FN3O3. The number of amides is 2. The van der Waals surface area contributed by atoms with Crippen molar-refractivity contribution in [3.63, 3.8) is 0 Å². The van der Waals surface area contributed by atoms with Crippen LogP contribution >= 0.6 is 0 Å². The fraction of sp³-hybridized carbons (Fsp3) is 0.462. The summed E-state index contributed by atoms with van der Waals surface area (Å²) in [5.41, 5.74) is 1.59. The van der Waals surface area contributed by atoms with Crippen molar-refractivity contribution in [2.75, 3.05) is 0 Å². The van der Waals surface area contributed by atoms with E-state index in [9.17, 15) is 14.0 Å². The van der Waals surface area contributed by atoms with Crippen LogP contribution in [0, 0.1) is 17.7 Å². The monoisotopic (exact) mass is 451 g/mol. The molecule has 33 heavy (non-hydrogen) atoms. The van der Waals surface area contributed by atoms with E-state index in [0.717, 1.165) is 23.9 Å². The minimum Gasteiger partial charge on any atom is -0.463 e. The zero-order valence-electron chi connectivity index (χ0n) is 19.3. The molecule has 0 spiro atoms. The summed E-state index contributed by atoms with van der Waals surface area (Å²) in [5, 5.41) is 3.29. The second-order valence-corrected chi connectivity index (χ2v) is 9.92. The van der Waals surface area contributed by atoms with E-state index in [0.29, 0.717) is 29.7 Å². The topological polar surface area (TPSA) is 67.5 Å². The van der Waals surface area contributed by atoms with Gasteiger partial charge in [0.1, 0.15) is 17.1 Å². The van der Waals surface area contributed by atoms with Crippen LogP contribution in [0.25, 0.3) is 11.1 Å². The molecular weight excluding hydrogens is 421 g/mol. The van der Waals surface area contributed by atoms with Crippen LogP contribution < -0.4 is 5.32 Å². The zero-order chi connectivity index (χ0) is 23.3. The lowest BCUT2D eigenvalue weighted by Crippen LogP contribution is -2.65. The average Bonchev–Trinajstić information content (AvgIpc) is 3.38. The van der Waals surface area contributed by atoms with E-state index < -0.39 is 5.54 Å². The molecule has 3 heterocycles. The van der Waals surface area contributed by atoms with Crippen molar-refractivity contribution < 1.29 is 18.4 Å². The van der Waals surface area contributed by atoms with Gasteiger partial charge in [0.2, 0.25) is 5.91 Å². The lowest BCUT2D eigenvalue weighted by atomic mass is 9.77. The Bertz CT molecular complexity index is 1200. The van der Waals surface area contributed by atoms with Gasteiger partial charge in [0.25, 0.3) is 5.91 Å². The number of fused-ring (bicyclic) bond motifs is 3. The molecule has 4 atom stereocenters. The van der Waals surface area contributed by atoms with Gasteiger partial charge in [-0.15, -0.1) is 0 Å². The highest BCUT2D eigenvalue weighted by Crippen LogP contribution is 2.35. The van der Waals surface area contributed by atoms with Crippen LogP contribution in [-0.4, -0.2) is 32.9 Å². The number of carbonyl (C=O) groups excluding carboxylic acids is 2. The lowest BCUT2D eigenvalue weighted by molar-refractivity contribution is -0.134. The summed E-state index contributed by atoms with van der Waals surface area (Å²) in [7, 11) is 0. The van der Waals surface area contributed by atoms with Gasteiger partial charge in [0, 0.05) is 24.7 Å². The maximum atomic E-state index is 13.8. The van der Waals surface area contributed by atoms with Gasteiger partial charge in [-0.1, -0.05) is 38.8 Å². The minimum absolute atomic E-state index is 0.0841. The first kappa shape index (κ1) is 21.7. The molecule has 1 N–H and O–H groups in total. The molecule has 3 aromatic rings. The number of carbonyl (C=O) groups is 2. The van der Waals surface area contributed by atoms with E-state index >= 15 is 0 Å². The molecule has 1 aliphatic carbocycles. The summed E-state index contributed by atoms with van der Waals surface area (Å²) < 4.78 is 20.9. The van der Waals surface area contributed by atoms with Crippen molar-refractivity contribution in [2.24, 2.45) is 11.8 Å². The highest BCUT2D eigenvalue weighted by molar-refractivity contribution is 6.02. The summed E-state index contributed by atoms with van der Waals surface area (Å²) in [6, 6.07) is 9.71. The Morgan fingerprint density at radius 3 is 2.73 bits per heavy atom. The van der Waals surface area contributed by atoms with Crippen LogP contribution in [0.1, 0.15) is 56.1 Å². The zero-order valence-corrected chi connectivity index (χ0v) is 19.3. The molecule has 174 valence electrons. The highest BCUT2D eigenvalue weighted by Gasteiger charge is 2.48. The SMILES string of the molecule is CC1CCCC(NC(=O)C2(C)Cn3c(cc4occc43)C(=O)N2Cc2ccc(F)cc2)C1C. The highest BCUT2D eigenvalue weighted by atomic mass is 19.1. The number of rotatable bonds is 4. The predicted molar refractivity (Wildman–Crippen MR) is 123 cm³/mol. The van der Waals surface area contributed by atoms with Crippen molar-refractivity contribution >= 4 is 22.9 Å². The predicted octanol–water partition coefficient (Wildman–Crippen LogP) is 4.73. The van der Waals surface area contributed by atoms with Crippen LogP contribution in [0.4, 0.5) is 4.39 Å². The Morgan fingerprint density at radius 1 is 1.21 bits per heavy atom. The molecule has 6 nitrogen and oxygen atoms in total. The third kappa shape index (κ3) is 3.63. The fourth-order valence-electron chi connectivity index (χ4n) is 5.40. The second kappa shape index (κ2) is 8.04. The molecule has 4 unspecified atom stereocenters. The number of furan rings is 1. The van der Waals surface area contributed by atoms with Gasteiger partial charge in [0.05, 0.1) is 18.3 Å². The fourth-order valence-corrected chi connectivity index (χ4v) is 5.40. The van der Waals surface area contributed by atoms with Crippen molar-refractivity contribution in [3.8, 4) is 0 Å². The molecule has 1 saturated carbocycles. The first-order valence-corrected chi connectivity index (χ1v) is 11.7. The number of halogens is 1. The smallest absolute Gasteiger partial charge is 0.271 e. The largest absolute Gasteiger partial charge is 0.463 e. The van der Waals surface area contributed by atoms with Crippen LogP contribution in [0.15, 0.2) is 47.1 Å². The lowest BCUT2D eigenvalue weighted by Gasteiger charge is -2.45. The van der Waals surface area contributed by atoms with E-state index in [1.54, 1.807) is 29.4 Å². The Balaban J connectivity index is 1.52. The van der Waals surface area contributed by atoms with Crippen LogP contribution in [-0.2, 0) is 17.9 Å². The summed E-state index contributed by atoms with van der Waals surface area (Å²) in [6.07, 6.45) is 4.80. The molecule has 1 aromatic carbocycles. The first-order chi connectivity index (χ1) is 15.8.